The molecule has 10 nitrogen and oxygen atoms in total. The molecule has 5 rings (SSSR count). The first-order valence-electron chi connectivity index (χ1n) is 14.4. The maximum absolute atomic E-state index is 15.8. The fourth-order valence-corrected chi connectivity index (χ4v) is 5.80. The zero-order valence-electron chi connectivity index (χ0n) is 24.5. The number of ether oxygens (including phenoxy) is 3. The highest BCUT2D eigenvalue weighted by atomic mass is 19.2. The molecule has 3 heterocycles. The van der Waals surface area contributed by atoms with Crippen molar-refractivity contribution in [3.63, 3.8) is 0 Å². The Morgan fingerprint density at radius 1 is 1.10 bits per heavy atom. The summed E-state index contributed by atoms with van der Waals surface area (Å²) in [7, 11) is 1.50. The highest BCUT2D eigenvalue weighted by molar-refractivity contribution is 5.89. The van der Waals surface area contributed by atoms with Crippen LogP contribution in [0.2, 0.25) is 0 Å². The number of aldehydes is 1. The number of alkyl carbamates (subject to hydrolysis) is 1. The number of hydrogen-bond donors (Lipinski definition) is 1. The predicted octanol–water partition coefficient (Wildman–Crippen LogP) is 4.49. The summed E-state index contributed by atoms with van der Waals surface area (Å²) < 4.78 is 48.1. The van der Waals surface area contributed by atoms with E-state index in [0.717, 1.165) is 0 Å². The van der Waals surface area contributed by atoms with Gasteiger partial charge in [0, 0.05) is 12.0 Å². The maximum Gasteiger partial charge on any atom is 0.408 e. The van der Waals surface area contributed by atoms with Gasteiger partial charge in [-0.15, -0.1) is 0 Å². The highest BCUT2D eigenvalue weighted by Gasteiger charge is 2.48. The van der Waals surface area contributed by atoms with Gasteiger partial charge in [-0.2, -0.15) is 0 Å². The summed E-state index contributed by atoms with van der Waals surface area (Å²) >= 11 is 0. The van der Waals surface area contributed by atoms with E-state index in [1.807, 2.05) is 20.8 Å². The molecule has 228 valence electrons. The summed E-state index contributed by atoms with van der Waals surface area (Å²) in [5.41, 5.74) is -0.269. The van der Waals surface area contributed by atoms with E-state index in [-0.39, 0.29) is 36.6 Å². The molecule has 1 saturated heterocycles. The fraction of sp³-hybridized carbons (Fsp3) is 0.633. The maximum atomic E-state index is 15.8. The number of fused-ring (bicyclic) bond motifs is 5. The van der Waals surface area contributed by atoms with Crippen molar-refractivity contribution < 1.29 is 37.4 Å². The molecule has 2 fully saturated rings. The Kier molecular flexibility index (Phi) is 8.26. The number of nitrogens with zero attached hydrogens (tertiary/aromatic N) is 3. The van der Waals surface area contributed by atoms with Gasteiger partial charge in [0.05, 0.1) is 30.7 Å². The molecule has 3 aliphatic rings. The average Bonchev–Trinajstić information content (AvgIpc) is 3.60. The second kappa shape index (κ2) is 11.6. The van der Waals surface area contributed by atoms with Gasteiger partial charge in [-0.05, 0) is 42.7 Å². The number of alkyl halides is 2. The van der Waals surface area contributed by atoms with Crippen LogP contribution in [0.4, 0.5) is 13.6 Å². The van der Waals surface area contributed by atoms with Crippen molar-refractivity contribution in [2.45, 2.75) is 90.0 Å². The Labute approximate surface area is 243 Å². The monoisotopic (exact) mass is 588 g/mol. The van der Waals surface area contributed by atoms with Crippen LogP contribution in [0.25, 0.3) is 11.0 Å². The fourth-order valence-electron chi connectivity index (χ4n) is 5.80. The van der Waals surface area contributed by atoms with Gasteiger partial charge in [-0.25, -0.2) is 23.5 Å². The Morgan fingerprint density at radius 3 is 2.55 bits per heavy atom. The molecular weight excluding hydrogens is 550 g/mol. The van der Waals surface area contributed by atoms with E-state index in [1.165, 1.54) is 12.0 Å². The molecule has 2 bridgehead atoms. The van der Waals surface area contributed by atoms with Gasteiger partial charge >= 0.3 is 6.09 Å². The van der Waals surface area contributed by atoms with Crippen LogP contribution in [-0.2, 0) is 14.3 Å². The van der Waals surface area contributed by atoms with Crippen LogP contribution in [0, 0.1) is 17.3 Å². The predicted molar refractivity (Wildman–Crippen MR) is 149 cm³/mol. The van der Waals surface area contributed by atoms with E-state index in [9.17, 15) is 14.4 Å². The number of benzene rings is 1. The van der Waals surface area contributed by atoms with Crippen LogP contribution >= 0.6 is 0 Å². The number of carbonyl (C=O) groups excluding carboxylic acids is 3. The number of halogens is 2. The summed E-state index contributed by atoms with van der Waals surface area (Å²) in [5, 5.41) is 2.72. The second-order valence-corrected chi connectivity index (χ2v) is 12.6. The smallest absolute Gasteiger partial charge is 0.408 e. The lowest BCUT2D eigenvalue weighted by molar-refractivity contribution is -0.139. The van der Waals surface area contributed by atoms with Gasteiger partial charge in [-0.3, -0.25) is 4.79 Å². The van der Waals surface area contributed by atoms with Gasteiger partial charge in [0.1, 0.15) is 42.2 Å². The summed E-state index contributed by atoms with van der Waals surface area (Å²) in [4.78, 5) is 49.2. The molecule has 1 aromatic heterocycles. The Balaban J connectivity index is 1.54. The minimum atomic E-state index is -2.11. The van der Waals surface area contributed by atoms with Gasteiger partial charge < -0.3 is 29.2 Å². The van der Waals surface area contributed by atoms with Gasteiger partial charge in [0.2, 0.25) is 11.8 Å². The third kappa shape index (κ3) is 5.98. The molecule has 1 aliphatic carbocycles. The van der Waals surface area contributed by atoms with Crippen molar-refractivity contribution >= 4 is 29.3 Å². The molecule has 0 radical (unpaired) electrons. The van der Waals surface area contributed by atoms with Crippen LogP contribution in [0.5, 0.6) is 11.6 Å². The second-order valence-electron chi connectivity index (χ2n) is 12.6. The van der Waals surface area contributed by atoms with E-state index in [2.05, 4.69) is 15.3 Å². The Bertz CT molecular complexity index is 1350. The molecule has 1 saturated carbocycles. The van der Waals surface area contributed by atoms with E-state index < -0.39 is 53.9 Å². The first kappa shape index (κ1) is 29.9. The summed E-state index contributed by atoms with van der Waals surface area (Å²) in [6.07, 6.45) is -3.66. The van der Waals surface area contributed by atoms with E-state index >= 15 is 8.78 Å². The molecular formula is C30H38F2N4O6. The minimum Gasteiger partial charge on any atom is -0.497 e. The Morgan fingerprint density at radius 2 is 1.86 bits per heavy atom. The van der Waals surface area contributed by atoms with E-state index in [0.29, 0.717) is 42.3 Å². The number of aromatic nitrogens is 2. The van der Waals surface area contributed by atoms with Crippen molar-refractivity contribution in [1.29, 1.82) is 0 Å². The third-order valence-corrected chi connectivity index (χ3v) is 8.54. The standard InChI is InChI=1S/C30H38F2N4O6/c1-15-21(14-37)36-13-23(15)41-27-25(33-19-10-9-17(40-5)12-20(19)34-27)24(32)18(31)8-6-7-16-11-22(16)42-29(39)35-26(28(36)38)30(2,3)4/h9-10,12,14-16,18,21-24,26H,6-8,11,13H2,1-5H3,(H,35,39)/t15-,16+,18?,21+,22+,23-,24?,26+/m0/s1. The van der Waals surface area contributed by atoms with Crippen LogP contribution in [0.3, 0.4) is 0 Å². The summed E-state index contributed by atoms with van der Waals surface area (Å²) in [5.74, 6) is -0.647. The number of rotatable bonds is 2. The van der Waals surface area contributed by atoms with Crippen LogP contribution < -0.4 is 14.8 Å². The number of amides is 2. The van der Waals surface area contributed by atoms with Gasteiger partial charge in [-0.1, -0.05) is 34.1 Å². The van der Waals surface area contributed by atoms with Crippen molar-refractivity contribution in [3.05, 3.63) is 23.9 Å². The Hall–Kier alpha value is -3.57. The molecule has 0 spiro atoms. The quantitative estimate of drug-likeness (QED) is 0.510. The lowest BCUT2D eigenvalue weighted by Gasteiger charge is -2.34. The largest absolute Gasteiger partial charge is 0.497 e. The molecule has 1 aromatic carbocycles. The number of methoxy groups -OCH3 is 1. The molecule has 2 unspecified atom stereocenters. The highest BCUT2D eigenvalue weighted by Crippen LogP contribution is 2.41. The topological polar surface area (TPSA) is 120 Å². The summed E-state index contributed by atoms with van der Waals surface area (Å²) in [6, 6.07) is 3.01. The SMILES string of the molecule is COc1ccc2nc3c(nc2c1)O[C@H]1CN(C(=O)[C@H](C(C)(C)C)NC(=O)O[C@@H]2C[C@H]2CCCC(F)C3F)[C@H](C=O)[C@@H]1C. The molecule has 12 heteroatoms. The third-order valence-electron chi connectivity index (χ3n) is 8.54. The number of nitrogens with one attached hydrogen (secondary N) is 1. The van der Waals surface area contributed by atoms with Gasteiger partial charge in [0.15, 0.2) is 6.17 Å². The van der Waals surface area contributed by atoms with Crippen molar-refractivity contribution in [2.75, 3.05) is 13.7 Å². The molecule has 2 amide bonds. The molecule has 1 N–H and O–H groups in total. The summed E-state index contributed by atoms with van der Waals surface area (Å²) in [6.45, 7) is 7.13. The van der Waals surface area contributed by atoms with Crippen molar-refractivity contribution in [3.8, 4) is 11.6 Å². The first-order chi connectivity index (χ1) is 19.9. The molecule has 2 aromatic rings. The zero-order valence-corrected chi connectivity index (χ0v) is 24.5. The van der Waals surface area contributed by atoms with Crippen LogP contribution in [0.1, 0.15) is 65.2 Å². The lowest BCUT2D eigenvalue weighted by atomic mass is 9.85. The van der Waals surface area contributed by atoms with E-state index in [4.69, 9.17) is 14.2 Å². The average molecular weight is 589 g/mol. The first-order valence-corrected chi connectivity index (χ1v) is 14.4. The number of hydrogen-bond acceptors (Lipinski definition) is 8. The van der Waals surface area contributed by atoms with Crippen molar-refractivity contribution in [1.82, 2.24) is 20.2 Å². The zero-order chi connectivity index (χ0) is 30.3. The van der Waals surface area contributed by atoms with Crippen LogP contribution in [-0.4, -0.2) is 77.3 Å². The molecule has 2 aliphatic heterocycles. The van der Waals surface area contributed by atoms with Crippen molar-refractivity contribution in [2.24, 2.45) is 17.3 Å². The minimum absolute atomic E-state index is 0.0370. The molecule has 8 atom stereocenters. The van der Waals surface area contributed by atoms with Crippen LogP contribution in [0.15, 0.2) is 18.2 Å². The normalized spacial score (nSPS) is 32.4. The van der Waals surface area contributed by atoms with Gasteiger partial charge in [0.25, 0.3) is 0 Å². The van der Waals surface area contributed by atoms with E-state index in [1.54, 1.807) is 25.1 Å². The lowest BCUT2D eigenvalue weighted by Crippen LogP contribution is -2.56. The number of carbonyl (C=O) groups is 3. The molecule has 42 heavy (non-hydrogen) atoms.